The van der Waals surface area contributed by atoms with Gasteiger partial charge in [0.15, 0.2) is 5.65 Å². The third-order valence-electron chi connectivity index (χ3n) is 5.10. The van der Waals surface area contributed by atoms with Crippen molar-refractivity contribution in [3.63, 3.8) is 0 Å². The number of carbonyl (C=O) groups is 1. The molecule has 0 radical (unpaired) electrons. The highest BCUT2D eigenvalue weighted by Crippen LogP contribution is 2.32. The van der Waals surface area contributed by atoms with Gasteiger partial charge < -0.3 is 11.1 Å². The number of carbonyl (C=O) groups excluding carboxylic acids is 1. The van der Waals surface area contributed by atoms with Crippen LogP contribution in [0.3, 0.4) is 0 Å². The Balaban J connectivity index is 1.75. The number of anilines is 2. The molecule has 5 aromatic rings. The van der Waals surface area contributed by atoms with E-state index in [1.165, 1.54) is 0 Å². The van der Waals surface area contributed by atoms with E-state index in [2.05, 4.69) is 5.32 Å². The van der Waals surface area contributed by atoms with Crippen molar-refractivity contribution in [2.45, 2.75) is 6.92 Å². The number of aromatic nitrogens is 3. The number of nitrogens with zero attached hydrogens (tertiary/aromatic N) is 3. The number of rotatable bonds is 3. The van der Waals surface area contributed by atoms with Crippen molar-refractivity contribution < 1.29 is 4.79 Å². The lowest BCUT2D eigenvalue weighted by molar-refractivity contribution is 0.102. The van der Waals surface area contributed by atoms with Crippen molar-refractivity contribution in [3.05, 3.63) is 88.9 Å². The molecule has 0 spiro atoms. The van der Waals surface area contributed by atoms with E-state index in [1.54, 1.807) is 16.7 Å². The summed E-state index contributed by atoms with van der Waals surface area (Å²) in [4.78, 5) is 22.8. The standard InChI is InChI=1S/C24H18ClN5O/c1-14-9-11-16(12-10-14)27-24(31)20-21-23(29-19-8-3-2-7-18(19)28-21)30(22(20)26)17-6-4-5-15(25)13-17/h2-13H,26H2,1H3,(H,27,31). The van der Waals surface area contributed by atoms with Crippen molar-refractivity contribution in [3.8, 4) is 5.69 Å². The normalized spacial score (nSPS) is 11.2. The predicted molar refractivity (Wildman–Crippen MR) is 125 cm³/mol. The summed E-state index contributed by atoms with van der Waals surface area (Å²) in [6.45, 7) is 1.99. The zero-order valence-corrected chi connectivity index (χ0v) is 17.4. The second-order valence-corrected chi connectivity index (χ2v) is 7.72. The second kappa shape index (κ2) is 7.41. The maximum absolute atomic E-state index is 13.3. The number of nitrogens with one attached hydrogen (secondary N) is 1. The van der Waals surface area contributed by atoms with E-state index in [0.29, 0.717) is 38.6 Å². The molecule has 0 aliphatic heterocycles. The minimum absolute atomic E-state index is 0.247. The fourth-order valence-corrected chi connectivity index (χ4v) is 3.78. The molecule has 0 aliphatic rings. The number of nitrogen functional groups attached to an aromatic ring is 1. The smallest absolute Gasteiger partial charge is 0.261 e. The average molecular weight is 428 g/mol. The fraction of sp³-hybridized carbons (Fsp3) is 0.0417. The van der Waals surface area contributed by atoms with Crippen LogP contribution in [0.2, 0.25) is 5.02 Å². The van der Waals surface area contributed by atoms with E-state index in [4.69, 9.17) is 27.3 Å². The SMILES string of the molecule is Cc1ccc(NC(=O)c2c(N)n(-c3cccc(Cl)c3)c3nc4ccccc4nc23)cc1. The van der Waals surface area contributed by atoms with Gasteiger partial charge in [0.25, 0.3) is 5.91 Å². The van der Waals surface area contributed by atoms with Crippen LogP contribution in [0.1, 0.15) is 15.9 Å². The number of fused-ring (bicyclic) bond motifs is 2. The first-order valence-electron chi connectivity index (χ1n) is 9.72. The Bertz CT molecular complexity index is 1460. The molecule has 5 rings (SSSR count). The number of nitrogens with two attached hydrogens (primary N) is 1. The van der Waals surface area contributed by atoms with Gasteiger partial charge >= 0.3 is 0 Å². The quantitative estimate of drug-likeness (QED) is 0.405. The Morgan fingerprint density at radius 1 is 0.968 bits per heavy atom. The van der Waals surface area contributed by atoms with Crippen LogP contribution < -0.4 is 11.1 Å². The summed E-state index contributed by atoms with van der Waals surface area (Å²) in [6, 6.07) is 22.3. The van der Waals surface area contributed by atoms with Crippen molar-refractivity contribution >= 4 is 51.2 Å². The number of hydrogen-bond acceptors (Lipinski definition) is 4. The molecule has 0 unspecified atom stereocenters. The Morgan fingerprint density at radius 2 is 1.68 bits per heavy atom. The van der Waals surface area contributed by atoms with Crippen LogP contribution in [0.15, 0.2) is 72.8 Å². The first-order chi connectivity index (χ1) is 15.0. The molecule has 0 saturated heterocycles. The number of aryl methyl sites for hydroxylation is 1. The van der Waals surface area contributed by atoms with Crippen LogP contribution >= 0.6 is 11.6 Å². The Hall–Kier alpha value is -3.90. The maximum atomic E-state index is 13.3. The third-order valence-corrected chi connectivity index (χ3v) is 5.34. The van der Waals surface area contributed by atoms with Gasteiger partial charge in [-0.25, -0.2) is 9.97 Å². The average Bonchev–Trinajstić information content (AvgIpc) is 3.04. The third kappa shape index (κ3) is 3.37. The Kier molecular flexibility index (Phi) is 4.56. The van der Waals surface area contributed by atoms with E-state index >= 15 is 0 Å². The van der Waals surface area contributed by atoms with Gasteiger partial charge in [-0.3, -0.25) is 9.36 Å². The summed E-state index contributed by atoms with van der Waals surface area (Å²) in [6.07, 6.45) is 0. The molecule has 152 valence electrons. The number of amides is 1. The topological polar surface area (TPSA) is 85.8 Å². The minimum atomic E-state index is -0.350. The van der Waals surface area contributed by atoms with E-state index in [0.717, 1.165) is 5.56 Å². The van der Waals surface area contributed by atoms with Gasteiger partial charge in [-0.05, 0) is 49.4 Å². The summed E-state index contributed by atoms with van der Waals surface area (Å²) in [7, 11) is 0. The van der Waals surface area contributed by atoms with Crippen molar-refractivity contribution in [1.29, 1.82) is 0 Å². The maximum Gasteiger partial charge on any atom is 0.261 e. The molecule has 0 fully saturated rings. The molecule has 7 heteroatoms. The van der Waals surface area contributed by atoms with Crippen LogP contribution in [-0.4, -0.2) is 20.4 Å². The molecule has 0 bridgehead atoms. The first-order valence-corrected chi connectivity index (χ1v) is 10.1. The minimum Gasteiger partial charge on any atom is -0.384 e. The number of hydrogen-bond donors (Lipinski definition) is 2. The molecule has 1 amide bonds. The van der Waals surface area contributed by atoms with Gasteiger partial charge in [-0.15, -0.1) is 0 Å². The fourth-order valence-electron chi connectivity index (χ4n) is 3.59. The number of para-hydroxylation sites is 2. The number of halogens is 1. The molecule has 0 saturated carbocycles. The van der Waals surface area contributed by atoms with E-state index in [-0.39, 0.29) is 17.3 Å². The van der Waals surface area contributed by atoms with E-state index in [1.807, 2.05) is 67.6 Å². The lowest BCUT2D eigenvalue weighted by Gasteiger charge is -2.09. The molecule has 0 atom stereocenters. The summed E-state index contributed by atoms with van der Waals surface area (Å²) in [5.41, 5.74) is 11.6. The van der Waals surface area contributed by atoms with Crippen LogP contribution in [0.5, 0.6) is 0 Å². The molecular formula is C24H18ClN5O. The lowest BCUT2D eigenvalue weighted by atomic mass is 10.2. The van der Waals surface area contributed by atoms with Gasteiger partial charge in [0.1, 0.15) is 16.9 Å². The molecule has 3 N–H and O–H groups in total. The van der Waals surface area contributed by atoms with Gasteiger partial charge in [0.2, 0.25) is 0 Å². The highest BCUT2D eigenvalue weighted by Gasteiger charge is 2.25. The van der Waals surface area contributed by atoms with Crippen LogP contribution in [0.25, 0.3) is 27.9 Å². The molecule has 6 nitrogen and oxygen atoms in total. The highest BCUT2D eigenvalue weighted by atomic mass is 35.5. The van der Waals surface area contributed by atoms with Crippen LogP contribution in [0.4, 0.5) is 11.5 Å². The van der Waals surface area contributed by atoms with Gasteiger partial charge in [0, 0.05) is 10.7 Å². The van der Waals surface area contributed by atoms with E-state index in [9.17, 15) is 4.79 Å². The highest BCUT2D eigenvalue weighted by molar-refractivity contribution is 6.30. The lowest BCUT2D eigenvalue weighted by Crippen LogP contribution is -2.14. The summed E-state index contributed by atoms with van der Waals surface area (Å²) in [5, 5.41) is 3.47. The molecule has 2 aromatic heterocycles. The summed E-state index contributed by atoms with van der Waals surface area (Å²) in [5.74, 6) is -0.103. The largest absolute Gasteiger partial charge is 0.384 e. The van der Waals surface area contributed by atoms with Gasteiger partial charge in [0.05, 0.1) is 16.7 Å². The monoisotopic (exact) mass is 427 g/mol. The summed E-state index contributed by atoms with van der Waals surface area (Å²) >= 11 is 6.21. The zero-order chi connectivity index (χ0) is 21.5. The molecule has 0 aliphatic carbocycles. The van der Waals surface area contributed by atoms with Crippen molar-refractivity contribution in [2.24, 2.45) is 0 Å². The number of benzene rings is 3. The molecule has 31 heavy (non-hydrogen) atoms. The Morgan fingerprint density at radius 3 is 2.39 bits per heavy atom. The van der Waals surface area contributed by atoms with Crippen molar-refractivity contribution in [1.82, 2.24) is 14.5 Å². The van der Waals surface area contributed by atoms with Gasteiger partial charge in [-0.2, -0.15) is 0 Å². The molecule has 3 aromatic carbocycles. The van der Waals surface area contributed by atoms with Gasteiger partial charge in [-0.1, -0.05) is 47.5 Å². The molecule has 2 heterocycles. The summed E-state index contributed by atoms with van der Waals surface area (Å²) < 4.78 is 1.71. The zero-order valence-electron chi connectivity index (χ0n) is 16.6. The second-order valence-electron chi connectivity index (χ2n) is 7.28. The van der Waals surface area contributed by atoms with Crippen molar-refractivity contribution in [2.75, 3.05) is 11.1 Å². The predicted octanol–water partition coefficient (Wildman–Crippen LogP) is 5.37. The molecular weight excluding hydrogens is 410 g/mol. The van der Waals surface area contributed by atoms with Crippen LogP contribution in [0, 0.1) is 6.92 Å². The first kappa shape index (κ1) is 19.1. The van der Waals surface area contributed by atoms with E-state index < -0.39 is 0 Å². The Labute approximate surface area is 183 Å². The van der Waals surface area contributed by atoms with Crippen LogP contribution in [-0.2, 0) is 0 Å².